The number of hydrogen-bond donors (Lipinski definition) is 2. The predicted octanol–water partition coefficient (Wildman–Crippen LogP) is 1.43. The number of likely N-dealkylation sites (N-methyl/N-ethyl adjacent to an activating group) is 1. The van der Waals surface area contributed by atoms with E-state index in [4.69, 9.17) is 0 Å². The van der Waals surface area contributed by atoms with Crippen molar-refractivity contribution in [3.05, 3.63) is 0 Å². The molecule has 0 saturated carbocycles. The third kappa shape index (κ3) is 8.24. The van der Waals surface area contributed by atoms with Crippen molar-refractivity contribution in [2.24, 2.45) is 0 Å². The average Bonchev–Trinajstić information content (AvgIpc) is 2.01. The van der Waals surface area contributed by atoms with Crippen LogP contribution in [0.2, 0.25) is 0 Å². The molecule has 0 heterocycles. The van der Waals surface area contributed by atoms with Gasteiger partial charge in [-0.2, -0.15) is 0 Å². The molecular weight excluding hydrogens is 190 g/mol. The lowest BCUT2D eigenvalue weighted by molar-refractivity contribution is 0.226. The zero-order chi connectivity index (χ0) is 11.9. The van der Waals surface area contributed by atoms with Crippen LogP contribution in [0.25, 0.3) is 0 Å². The monoisotopic (exact) mass is 215 g/mol. The Bertz CT molecular complexity index is 190. The minimum Gasteiger partial charge on any atom is -0.337 e. The first kappa shape index (κ1) is 14.2. The van der Waals surface area contributed by atoms with Gasteiger partial charge in [0.05, 0.1) is 0 Å². The summed E-state index contributed by atoms with van der Waals surface area (Å²) in [5, 5.41) is 5.80. The van der Waals surface area contributed by atoms with Crippen LogP contribution in [-0.2, 0) is 0 Å². The van der Waals surface area contributed by atoms with E-state index in [1.54, 1.807) is 0 Å². The Hall–Kier alpha value is -0.770. The molecule has 0 atom stereocenters. The molecule has 0 fully saturated rings. The van der Waals surface area contributed by atoms with Crippen molar-refractivity contribution in [3.8, 4) is 0 Å². The van der Waals surface area contributed by atoms with Gasteiger partial charge in [0.15, 0.2) is 0 Å². The van der Waals surface area contributed by atoms with Gasteiger partial charge in [0.1, 0.15) is 0 Å². The Morgan fingerprint density at radius 1 is 1.33 bits per heavy atom. The lowest BCUT2D eigenvalue weighted by Crippen LogP contribution is -2.49. The number of carbonyl (C=O) groups is 1. The molecule has 4 heteroatoms. The zero-order valence-electron chi connectivity index (χ0n) is 10.7. The number of carbonyl (C=O) groups excluding carboxylic acids is 1. The van der Waals surface area contributed by atoms with Crippen LogP contribution in [0, 0.1) is 0 Å². The smallest absolute Gasteiger partial charge is 0.315 e. The Morgan fingerprint density at radius 3 is 2.40 bits per heavy atom. The third-order valence-electron chi connectivity index (χ3n) is 2.17. The molecule has 0 aliphatic heterocycles. The molecular formula is C11H25N3O. The fourth-order valence-electron chi connectivity index (χ4n) is 1.43. The second kappa shape index (κ2) is 6.67. The predicted molar refractivity (Wildman–Crippen MR) is 64.1 cm³/mol. The molecule has 0 aromatic rings. The second-order valence-corrected chi connectivity index (χ2v) is 4.82. The first-order valence-electron chi connectivity index (χ1n) is 5.58. The fraction of sp³-hybridized carbons (Fsp3) is 0.909. The van der Waals surface area contributed by atoms with E-state index in [2.05, 4.69) is 17.6 Å². The molecule has 0 saturated heterocycles. The molecule has 0 aromatic carbocycles. The Kier molecular flexibility index (Phi) is 6.32. The average molecular weight is 215 g/mol. The number of amides is 2. The Labute approximate surface area is 93.4 Å². The van der Waals surface area contributed by atoms with Crippen molar-refractivity contribution < 1.29 is 4.79 Å². The van der Waals surface area contributed by atoms with E-state index >= 15 is 0 Å². The molecule has 0 aliphatic rings. The molecule has 0 bridgehead atoms. The van der Waals surface area contributed by atoms with Crippen LogP contribution >= 0.6 is 0 Å². The van der Waals surface area contributed by atoms with E-state index in [1.165, 1.54) is 0 Å². The summed E-state index contributed by atoms with van der Waals surface area (Å²) < 4.78 is 0. The quantitative estimate of drug-likeness (QED) is 0.704. The summed E-state index contributed by atoms with van der Waals surface area (Å²) in [5.41, 5.74) is -0.114. The molecule has 2 amide bonds. The van der Waals surface area contributed by atoms with Gasteiger partial charge >= 0.3 is 6.03 Å². The highest BCUT2D eigenvalue weighted by molar-refractivity contribution is 5.74. The molecule has 15 heavy (non-hydrogen) atoms. The Morgan fingerprint density at radius 2 is 1.93 bits per heavy atom. The lowest BCUT2D eigenvalue weighted by Gasteiger charge is -2.26. The first-order chi connectivity index (χ1) is 6.87. The van der Waals surface area contributed by atoms with Gasteiger partial charge in [-0.05, 0) is 34.4 Å². The van der Waals surface area contributed by atoms with Crippen LogP contribution in [0.15, 0.2) is 0 Å². The maximum atomic E-state index is 11.5. The molecule has 90 valence electrons. The summed E-state index contributed by atoms with van der Waals surface area (Å²) >= 11 is 0. The molecule has 2 N–H and O–H groups in total. The van der Waals surface area contributed by atoms with Gasteiger partial charge in [0.2, 0.25) is 0 Å². The van der Waals surface area contributed by atoms with Crippen molar-refractivity contribution in [3.63, 3.8) is 0 Å². The normalized spacial score (nSPS) is 11.6. The van der Waals surface area contributed by atoms with E-state index in [0.29, 0.717) is 6.54 Å². The maximum absolute atomic E-state index is 11.5. The summed E-state index contributed by atoms with van der Waals surface area (Å²) in [6.45, 7) is 7.75. The van der Waals surface area contributed by atoms with Crippen LogP contribution in [0.1, 0.15) is 33.6 Å². The van der Waals surface area contributed by atoms with Gasteiger partial charge in [-0.3, -0.25) is 0 Å². The highest BCUT2D eigenvalue weighted by Crippen LogP contribution is 2.09. The van der Waals surface area contributed by atoms with Gasteiger partial charge in [-0.25, -0.2) is 4.79 Å². The summed E-state index contributed by atoms with van der Waals surface area (Å²) in [6.07, 6.45) is 2.07. The molecule has 0 radical (unpaired) electrons. The van der Waals surface area contributed by atoms with Crippen LogP contribution < -0.4 is 10.6 Å². The van der Waals surface area contributed by atoms with Crippen LogP contribution in [0.3, 0.4) is 0 Å². The lowest BCUT2D eigenvalue weighted by atomic mass is 9.99. The standard InChI is InChI=1S/C11H25N3O/c1-6-7-11(2,3)13-10(15)12-8-9-14(4)5/h6-9H2,1-5H3,(H2,12,13,15). The van der Waals surface area contributed by atoms with Crippen molar-refractivity contribution in [2.75, 3.05) is 27.2 Å². The number of nitrogens with zero attached hydrogens (tertiary/aromatic N) is 1. The topological polar surface area (TPSA) is 44.4 Å². The van der Waals surface area contributed by atoms with Crippen LogP contribution in [0.4, 0.5) is 4.79 Å². The zero-order valence-corrected chi connectivity index (χ0v) is 10.7. The van der Waals surface area contributed by atoms with Crippen molar-refractivity contribution in [1.29, 1.82) is 0 Å². The molecule has 0 aliphatic carbocycles. The molecule has 0 aromatic heterocycles. The van der Waals surface area contributed by atoms with Gasteiger partial charge in [-0.1, -0.05) is 13.3 Å². The summed E-state index contributed by atoms with van der Waals surface area (Å²) in [7, 11) is 3.97. The number of hydrogen-bond acceptors (Lipinski definition) is 2. The fourth-order valence-corrected chi connectivity index (χ4v) is 1.43. The minimum atomic E-state index is -0.114. The summed E-state index contributed by atoms with van der Waals surface area (Å²) in [5.74, 6) is 0. The summed E-state index contributed by atoms with van der Waals surface area (Å²) in [6, 6.07) is -0.0738. The third-order valence-corrected chi connectivity index (χ3v) is 2.17. The molecule has 0 unspecified atom stereocenters. The van der Waals surface area contributed by atoms with E-state index in [-0.39, 0.29) is 11.6 Å². The van der Waals surface area contributed by atoms with Gasteiger partial charge in [0, 0.05) is 18.6 Å². The van der Waals surface area contributed by atoms with Crippen molar-refractivity contribution >= 4 is 6.03 Å². The highest BCUT2D eigenvalue weighted by Gasteiger charge is 2.18. The number of urea groups is 1. The van der Waals surface area contributed by atoms with Crippen molar-refractivity contribution in [2.45, 2.75) is 39.2 Å². The van der Waals surface area contributed by atoms with Gasteiger partial charge < -0.3 is 15.5 Å². The van der Waals surface area contributed by atoms with E-state index < -0.39 is 0 Å². The molecule has 0 spiro atoms. The van der Waals surface area contributed by atoms with Crippen LogP contribution in [-0.4, -0.2) is 43.7 Å². The van der Waals surface area contributed by atoms with E-state index in [0.717, 1.165) is 19.4 Å². The number of rotatable bonds is 6. The summed E-state index contributed by atoms with van der Waals surface area (Å²) in [4.78, 5) is 13.5. The Balaban J connectivity index is 3.73. The number of nitrogens with one attached hydrogen (secondary N) is 2. The van der Waals surface area contributed by atoms with Gasteiger partial charge in [0.25, 0.3) is 0 Å². The van der Waals surface area contributed by atoms with Gasteiger partial charge in [-0.15, -0.1) is 0 Å². The maximum Gasteiger partial charge on any atom is 0.315 e. The largest absolute Gasteiger partial charge is 0.337 e. The van der Waals surface area contributed by atoms with E-state index in [1.807, 2.05) is 32.8 Å². The second-order valence-electron chi connectivity index (χ2n) is 4.82. The molecule has 0 rings (SSSR count). The highest BCUT2D eigenvalue weighted by atomic mass is 16.2. The van der Waals surface area contributed by atoms with E-state index in [9.17, 15) is 4.79 Å². The minimum absolute atomic E-state index is 0.0738. The van der Waals surface area contributed by atoms with Crippen molar-refractivity contribution in [1.82, 2.24) is 15.5 Å². The SMILES string of the molecule is CCCC(C)(C)NC(=O)NCCN(C)C. The van der Waals surface area contributed by atoms with Crippen LogP contribution in [0.5, 0.6) is 0 Å². The molecule has 4 nitrogen and oxygen atoms in total. The first-order valence-corrected chi connectivity index (χ1v) is 5.58.